The van der Waals surface area contributed by atoms with Crippen molar-refractivity contribution >= 4 is 11.6 Å². The molecule has 0 saturated carbocycles. The van der Waals surface area contributed by atoms with Crippen LogP contribution in [0.1, 0.15) is 25.0 Å². The van der Waals surface area contributed by atoms with Crippen LogP contribution in [0.2, 0.25) is 5.02 Å². The zero-order valence-electron chi connectivity index (χ0n) is 14.1. The first-order valence-corrected chi connectivity index (χ1v) is 8.48. The first kappa shape index (κ1) is 18.6. The lowest BCUT2D eigenvalue weighted by atomic mass is 10.2. The summed E-state index contributed by atoms with van der Waals surface area (Å²) in [6.07, 6.45) is -0.364. The van der Waals surface area contributed by atoms with Crippen molar-refractivity contribution in [2.24, 2.45) is 0 Å². The minimum atomic E-state index is -0.364. The highest BCUT2D eigenvalue weighted by molar-refractivity contribution is 6.30. The second-order valence-corrected chi connectivity index (χ2v) is 6.05. The molecule has 4 nitrogen and oxygen atoms in total. The minimum absolute atomic E-state index is 0.364. The molecule has 2 N–H and O–H groups in total. The highest BCUT2D eigenvalue weighted by Crippen LogP contribution is 2.29. The van der Waals surface area contributed by atoms with Gasteiger partial charge in [0.15, 0.2) is 11.5 Å². The largest absolute Gasteiger partial charge is 0.490 e. The summed E-state index contributed by atoms with van der Waals surface area (Å²) in [5, 5.41) is 13.2. The van der Waals surface area contributed by atoms with Crippen LogP contribution in [0.3, 0.4) is 0 Å². The molecule has 0 saturated heterocycles. The van der Waals surface area contributed by atoms with Gasteiger partial charge in [-0.05, 0) is 49.2 Å². The molecule has 0 radical (unpaired) electrons. The molecular weight excluding hydrogens is 326 g/mol. The lowest BCUT2D eigenvalue weighted by molar-refractivity contribution is 0.191. The van der Waals surface area contributed by atoms with Gasteiger partial charge in [0, 0.05) is 18.1 Å². The van der Waals surface area contributed by atoms with Gasteiger partial charge in [0.2, 0.25) is 0 Å². The highest BCUT2D eigenvalue weighted by Gasteiger charge is 2.08. The third-order valence-electron chi connectivity index (χ3n) is 3.36. The molecule has 0 aliphatic heterocycles. The summed E-state index contributed by atoms with van der Waals surface area (Å²) in [4.78, 5) is 0. The maximum absolute atomic E-state index is 9.29. The normalized spacial score (nSPS) is 12.0. The highest BCUT2D eigenvalue weighted by atomic mass is 35.5. The third kappa shape index (κ3) is 6.04. The summed E-state index contributed by atoms with van der Waals surface area (Å²) < 4.78 is 11.6. The smallest absolute Gasteiger partial charge is 0.161 e. The van der Waals surface area contributed by atoms with Gasteiger partial charge in [-0.25, -0.2) is 0 Å². The SMILES string of the molecule is CCOc1cc(CNCC(C)O)ccc1OCc1cccc(Cl)c1. The quantitative estimate of drug-likeness (QED) is 0.723. The number of ether oxygens (including phenoxy) is 2. The van der Waals surface area contributed by atoms with Crippen LogP contribution >= 0.6 is 11.6 Å². The number of aliphatic hydroxyl groups is 1. The monoisotopic (exact) mass is 349 g/mol. The van der Waals surface area contributed by atoms with E-state index in [9.17, 15) is 5.11 Å². The maximum atomic E-state index is 9.29. The molecule has 0 aliphatic rings. The summed E-state index contributed by atoms with van der Waals surface area (Å²) >= 11 is 5.99. The van der Waals surface area contributed by atoms with Crippen LogP contribution in [-0.2, 0) is 13.2 Å². The van der Waals surface area contributed by atoms with Crippen molar-refractivity contribution in [1.82, 2.24) is 5.32 Å². The van der Waals surface area contributed by atoms with Gasteiger partial charge in [0.25, 0.3) is 0 Å². The fourth-order valence-electron chi connectivity index (χ4n) is 2.26. The summed E-state index contributed by atoms with van der Waals surface area (Å²) in [6, 6.07) is 13.5. The predicted octanol–water partition coefficient (Wildman–Crippen LogP) is 3.79. The Kier molecular flexibility index (Phi) is 7.37. The number of benzene rings is 2. The molecule has 1 unspecified atom stereocenters. The average molecular weight is 350 g/mol. The van der Waals surface area contributed by atoms with E-state index in [1.807, 2.05) is 49.4 Å². The molecule has 0 aliphatic carbocycles. The molecule has 2 rings (SSSR count). The lowest BCUT2D eigenvalue weighted by Crippen LogP contribution is -2.23. The maximum Gasteiger partial charge on any atom is 0.161 e. The van der Waals surface area contributed by atoms with Gasteiger partial charge < -0.3 is 19.9 Å². The predicted molar refractivity (Wildman–Crippen MR) is 96.8 cm³/mol. The number of rotatable bonds is 9. The number of halogens is 1. The number of nitrogens with one attached hydrogen (secondary N) is 1. The molecule has 0 heterocycles. The van der Waals surface area contributed by atoms with Gasteiger partial charge in [-0.3, -0.25) is 0 Å². The Balaban J connectivity index is 2.02. The second-order valence-electron chi connectivity index (χ2n) is 5.61. The van der Waals surface area contributed by atoms with Crippen LogP contribution in [-0.4, -0.2) is 24.4 Å². The van der Waals surface area contributed by atoms with Crippen molar-refractivity contribution in [2.75, 3.05) is 13.2 Å². The molecule has 0 fully saturated rings. The molecule has 1 atom stereocenters. The van der Waals surface area contributed by atoms with Crippen molar-refractivity contribution in [3.05, 3.63) is 58.6 Å². The third-order valence-corrected chi connectivity index (χ3v) is 3.60. The molecule has 0 amide bonds. The van der Waals surface area contributed by atoms with Crippen LogP contribution in [0.15, 0.2) is 42.5 Å². The van der Waals surface area contributed by atoms with Gasteiger partial charge in [0.1, 0.15) is 6.61 Å². The van der Waals surface area contributed by atoms with Crippen LogP contribution in [0.25, 0.3) is 0 Å². The zero-order valence-corrected chi connectivity index (χ0v) is 14.8. The number of aliphatic hydroxyl groups excluding tert-OH is 1. The Labute approximate surface area is 148 Å². The molecular formula is C19H24ClNO3. The Hall–Kier alpha value is -1.75. The summed E-state index contributed by atoms with van der Waals surface area (Å²) in [5.41, 5.74) is 2.09. The first-order chi connectivity index (χ1) is 11.6. The van der Waals surface area contributed by atoms with Gasteiger partial charge >= 0.3 is 0 Å². The van der Waals surface area contributed by atoms with Crippen molar-refractivity contribution in [1.29, 1.82) is 0 Å². The molecule has 24 heavy (non-hydrogen) atoms. The second kappa shape index (κ2) is 9.52. The van der Waals surface area contributed by atoms with E-state index in [0.29, 0.717) is 37.1 Å². The van der Waals surface area contributed by atoms with Crippen LogP contribution in [0.5, 0.6) is 11.5 Å². The van der Waals surface area contributed by atoms with Crippen molar-refractivity contribution in [3.8, 4) is 11.5 Å². The van der Waals surface area contributed by atoms with E-state index in [1.54, 1.807) is 6.92 Å². The summed E-state index contributed by atoms with van der Waals surface area (Å²) in [6.45, 7) is 5.92. The van der Waals surface area contributed by atoms with E-state index >= 15 is 0 Å². The molecule has 5 heteroatoms. The lowest BCUT2D eigenvalue weighted by Gasteiger charge is -2.14. The number of hydrogen-bond acceptors (Lipinski definition) is 4. The molecule has 2 aromatic carbocycles. The van der Waals surface area contributed by atoms with Crippen LogP contribution < -0.4 is 14.8 Å². The average Bonchev–Trinajstić information content (AvgIpc) is 2.54. The molecule has 130 valence electrons. The van der Waals surface area contributed by atoms with E-state index in [2.05, 4.69) is 5.32 Å². The fourth-order valence-corrected chi connectivity index (χ4v) is 2.48. The van der Waals surface area contributed by atoms with E-state index in [0.717, 1.165) is 16.9 Å². The summed E-state index contributed by atoms with van der Waals surface area (Å²) in [7, 11) is 0. The zero-order chi connectivity index (χ0) is 17.4. The standard InChI is InChI=1S/C19H24ClNO3/c1-3-23-19-10-15(12-21-11-14(2)22)7-8-18(19)24-13-16-5-4-6-17(20)9-16/h4-10,14,21-22H,3,11-13H2,1-2H3. The molecule has 0 aromatic heterocycles. The fraction of sp³-hybridized carbons (Fsp3) is 0.368. The Morgan fingerprint density at radius 1 is 1.08 bits per heavy atom. The van der Waals surface area contributed by atoms with Gasteiger partial charge in [-0.2, -0.15) is 0 Å². The molecule has 2 aromatic rings. The van der Waals surface area contributed by atoms with Crippen molar-refractivity contribution in [3.63, 3.8) is 0 Å². The van der Waals surface area contributed by atoms with Crippen LogP contribution in [0.4, 0.5) is 0 Å². The van der Waals surface area contributed by atoms with E-state index in [4.69, 9.17) is 21.1 Å². The molecule has 0 bridgehead atoms. The van der Waals surface area contributed by atoms with E-state index < -0.39 is 0 Å². The van der Waals surface area contributed by atoms with Crippen LogP contribution in [0, 0.1) is 0 Å². The first-order valence-electron chi connectivity index (χ1n) is 8.10. The Bertz CT molecular complexity index is 646. The van der Waals surface area contributed by atoms with E-state index in [1.165, 1.54) is 0 Å². The number of hydrogen-bond donors (Lipinski definition) is 2. The van der Waals surface area contributed by atoms with Crippen molar-refractivity contribution in [2.45, 2.75) is 33.1 Å². The minimum Gasteiger partial charge on any atom is -0.490 e. The van der Waals surface area contributed by atoms with E-state index in [-0.39, 0.29) is 6.10 Å². The Morgan fingerprint density at radius 3 is 2.62 bits per heavy atom. The van der Waals surface area contributed by atoms with Gasteiger partial charge in [-0.15, -0.1) is 0 Å². The molecule has 0 spiro atoms. The van der Waals surface area contributed by atoms with Gasteiger partial charge in [-0.1, -0.05) is 29.8 Å². The Morgan fingerprint density at radius 2 is 1.92 bits per heavy atom. The topological polar surface area (TPSA) is 50.7 Å². The van der Waals surface area contributed by atoms with Crippen molar-refractivity contribution < 1.29 is 14.6 Å². The summed E-state index contributed by atoms with van der Waals surface area (Å²) in [5.74, 6) is 1.42. The van der Waals surface area contributed by atoms with Gasteiger partial charge in [0.05, 0.1) is 12.7 Å².